The summed E-state index contributed by atoms with van der Waals surface area (Å²) in [6.07, 6.45) is 1.23. The van der Waals surface area contributed by atoms with Gasteiger partial charge < -0.3 is 10.0 Å². The summed E-state index contributed by atoms with van der Waals surface area (Å²) < 4.78 is 0. The molecule has 1 aliphatic rings. The van der Waals surface area contributed by atoms with Crippen molar-refractivity contribution in [3.63, 3.8) is 0 Å². The highest BCUT2D eigenvalue weighted by molar-refractivity contribution is 6.39. The van der Waals surface area contributed by atoms with E-state index in [1.807, 2.05) is 13.1 Å². The number of hydrogen-bond acceptors (Lipinski definition) is 4. The highest BCUT2D eigenvalue weighted by Crippen LogP contribution is 2.37. The number of ketones is 2. The van der Waals surface area contributed by atoms with Crippen molar-refractivity contribution in [1.29, 1.82) is 0 Å². The van der Waals surface area contributed by atoms with Gasteiger partial charge in [0.05, 0.1) is 5.41 Å². The van der Waals surface area contributed by atoms with Crippen LogP contribution in [0.2, 0.25) is 0 Å². The Hall–Kier alpha value is -1.68. The van der Waals surface area contributed by atoms with Crippen molar-refractivity contribution < 1.29 is 14.7 Å². The lowest BCUT2D eigenvalue weighted by Crippen LogP contribution is -2.48. The van der Waals surface area contributed by atoms with Crippen LogP contribution in [0.4, 0.5) is 0 Å². The molecule has 0 spiro atoms. The van der Waals surface area contributed by atoms with Crippen molar-refractivity contribution in [2.45, 2.75) is 25.2 Å². The van der Waals surface area contributed by atoms with E-state index in [2.05, 4.69) is 4.90 Å². The summed E-state index contributed by atoms with van der Waals surface area (Å²) in [6.45, 7) is 2.87. The van der Waals surface area contributed by atoms with Gasteiger partial charge in [-0.25, -0.2) is 0 Å². The summed E-state index contributed by atoms with van der Waals surface area (Å²) in [4.78, 5) is 26.1. The van der Waals surface area contributed by atoms with Crippen LogP contribution in [0.1, 0.15) is 25.3 Å². The predicted molar refractivity (Wildman–Crippen MR) is 72.2 cm³/mol. The maximum atomic E-state index is 12.4. The van der Waals surface area contributed by atoms with Crippen molar-refractivity contribution in [3.8, 4) is 5.75 Å². The van der Waals surface area contributed by atoms with Crippen molar-refractivity contribution in [2.75, 3.05) is 20.1 Å². The van der Waals surface area contributed by atoms with Gasteiger partial charge in [-0.3, -0.25) is 9.59 Å². The van der Waals surface area contributed by atoms with Crippen molar-refractivity contribution in [3.05, 3.63) is 29.8 Å². The maximum absolute atomic E-state index is 12.4. The van der Waals surface area contributed by atoms with E-state index >= 15 is 0 Å². The zero-order valence-electron chi connectivity index (χ0n) is 11.3. The molecule has 1 aromatic rings. The van der Waals surface area contributed by atoms with Crippen LogP contribution in [0.15, 0.2) is 24.3 Å². The zero-order chi connectivity index (χ0) is 14.0. The second kappa shape index (κ2) is 5.13. The van der Waals surface area contributed by atoms with Gasteiger partial charge in [-0.2, -0.15) is 0 Å². The molecule has 4 heteroatoms. The van der Waals surface area contributed by atoms with Gasteiger partial charge in [-0.1, -0.05) is 12.1 Å². The van der Waals surface area contributed by atoms with Gasteiger partial charge in [0.1, 0.15) is 5.75 Å². The third-order valence-electron chi connectivity index (χ3n) is 3.99. The quantitative estimate of drug-likeness (QED) is 0.838. The summed E-state index contributed by atoms with van der Waals surface area (Å²) in [7, 11) is 2.00. The molecule has 1 aromatic carbocycles. The normalized spacial score (nSPS) is 19.1. The van der Waals surface area contributed by atoms with Gasteiger partial charge in [0.2, 0.25) is 5.78 Å². The molecule has 0 aliphatic carbocycles. The van der Waals surface area contributed by atoms with Crippen LogP contribution in [-0.2, 0) is 15.0 Å². The van der Waals surface area contributed by atoms with E-state index in [0.717, 1.165) is 18.7 Å². The average Bonchev–Trinajstić information content (AvgIpc) is 2.39. The molecule has 1 heterocycles. The van der Waals surface area contributed by atoms with Crippen LogP contribution < -0.4 is 0 Å². The van der Waals surface area contributed by atoms with Crippen LogP contribution >= 0.6 is 0 Å². The smallest absolute Gasteiger partial charge is 0.208 e. The molecule has 1 fully saturated rings. The molecule has 0 amide bonds. The van der Waals surface area contributed by atoms with Crippen molar-refractivity contribution >= 4 is 11.6 Å². The number of piperidine rings is 1. The molecule has 19 heavy (non-hydrogen) atoms. The predicted octanol–water partition coefficient (Wildman–Crippen LogP) is 1.51. The highest BCUT2D eigenvalue weighted by atomic mass is 16.3. The first kappa shape index (κ1) is 13.7. The molecule has 1 N–H and O–H groups in total. The average molecular weight is 261 g/mol. The largest absolute Gasteiger partial charge is 0.508 e. The molecule has 102 valence electrons. The van der Waals surface area contributed by atoms with E-state index < -0.39 is 11.2 Å². The van der Waals surface area contributed by atoms with E-state index in [9.17, 15) is 14.7 Å². The number of carbonyl (C=O) groups is 2. The Labute approximate surface area is 113 Å². The summed E-state index contributed by atoms with van der Waals surface area (Å²) in [5.41, 5.74) is -0.0160. The lowest BCUT2D eigenvalue weighted by atomic mass is 9.69. The number of likely N-dealkylation sites (tertiary alicyclic amines) is 1. The van der Waals surface area contributed by atoms with Gasteiger partial charge >= 0.3 is 0 Å². The van der Waals surface area contributed by atoms with Gasteiger partial charge in [-0.05, 0) is 50.7 Å². The van der Waals surface area contributed by atoms with E-state index in [4.69, 9.17) is 0 Å². The molecule has 2 rings (SSSR count). The Morgan fingerprint density at radius 2 is 1.89 bits per heavy atom. The van der Waals surface area contributed by atoms with Crippen LogP contribution in [0.25, 0.3) is 0 Å². The first-order chi connectivity index (χ1) is 8.95. The number of phenolic OH excluding ortho intramolecular Hbond substituents is 1. The first-order valence-corrected chi connectivity index (χ1v) is 6.49. The van der Waals surface area contributed by atoms with Gasteiger partial charge in [0, 0.05) is 6.92 Å². The monoisotopic (exact) mass is 261 g/mol. The number of Topliss-reactive ketones (excluding diaryl/α,β-unsaturated/α-hetero) is 2. The number of benzene rings is 1. The minimum atomic E-state index is -0.767. The minimum Gasteiger partial charge on any atom is -0.508 e. The molecule has 1 aliphatic heterocycles. The number of aromatic hydroxyl groups is 1. The molecule has 4 nitrogen and oxygen atoms in total. The number of rotatable bonds is 3. The van der Waals surface area contributed by atoms with E-state index in [1.54, 1.807) is 18.2 Å². The summed E-state index contributed by atoms with van der Waals surface area (Å²) in [5.74, 6) is -0.619. The lowest BCUT2D eigenvalue weighted by Gasteiger charge is -2.39. The van der Waals surface area contributed by atoms with Crippen LogP contribution in [-0.4, -0.2) is 41.7 Å². The summed E-state index contributed by atoms with van der Waals surface area (Å²) in [5, 5.41) is 9.62. The van der Waals surface area contributed by atoms with E-state index in [1.165, 1.54) is 6.92 Å². The van der Waals surface area contributed by atoms with E-state index in [0.29, 0.717) is 12.8 Å². The van der Waals surface area contributed by atoms with Crippen LogP contribution in [0, 0.1) is 0 Å². The molecule has 0 atom stereocenters. The van der Waals surface area contributed by atoms with Gasteiger partial charge in [0.25, 0.3) is 0 Å². The molecular formula is C15H19NO3. The third kappa shape index (κ3) is 2.54. The number of carbonyl (C=O) groups excluding carboxylic acids is 2. The Bertz CT molecular complexity index is 502. The second-order valence-electron chi connectivity index (χ2n) is 5.32. The first-order valence-electron chi connectivity index (χ1n) is 6.49. The van der Waals surface area contributed by atoms with E-state index in [-0.39, 0.29) is 11.5 Å². The van der Waals surface area contributed by atoms with Crippen LogP contribution in [0.3, 0.4) is 0 Å². The second-order valence-corrected chi connectivity index (χ2v) is 5.32. The highest BCUT2D eigenvalue weighted by Gasteiger charge is 2.43. The molecule has 1 saturated heterocycles. The zero-order valence-corrected chi connectivity index (χ0v) is 11.3. The standard InChI is InChI=1S/C15H19NO3/c1-11(17)14(19)15(6-8-16(2)9-7-15)12-4-3-5-13(18)10-12/h3-5,10,18H,6-9H2,1-2H3. The Morgan fingerprint density at radius 3 is 2.42 bits per heavy atom. The maximum Gasteiger partial charge on any atom is 0.208 e. The van der Waals surface area contributed by atoms with Gasteiger partial charge in [-0.15, -0.1) is 0 Å². The fourth-order valence-electron chi connectivity index (χ4n) is 2.79. The fourth-order valence-corrected chi connectivity index (χ4v) is 2.79. The topological polar surface area (TPSA) is 57.6 Å². The fraction of sp³-hybridized carbons (Fsp3) is 0.467. The molecule has 0 bridgehead atoms. The Balaban J connectivity index is 2.45. The molecule has 0 aromatic heterocycles. The third-order valence-corrected chi connectivity index (χ3v) is 3.99. The van der Waals surface area contributed by atoms with Crippen molar-refractivity contribution in [2.24, 2.45) is 0 Å². The minimum absolute atomic E-state index is 0.132. The SMILES string of the molecule is CC(=O)C(=O)C1(c2cccc(O)c2)CCN(C)CC1. The number of nitrogens with zero attached hydrogens (tertiary/aromatic N) is 1. The molecule has 0 radical (unpaired) electrons. The molecule has 0 saturated carbocycles. The summed E-state index contributed by atoms with van der Waals surface area (Å²) in [6, 6.07) is 6.72. The molecule has 0 unspecified atom stereocenters. The Morgan fingerprint density at radius 1 is 1.26 bits per heavy atom. The number of hydrogen-bond donors (Lipinski definition) is 1. The van der Waals surface area contributed by atoms with Crippen LogP contribution in [0.5, 0.6) is 5.75 Å². The van der Waals surface area contributed by atoms with Crippen molar-refractivity contribution in [1.82, 2.24) is 4.90 Å². The lowest BCUT2D eigenvalue weighted by molar-refractivity contribution is -0.140. The Kier molecular flexibility index (Phi) is 3.71. The van der Waals surface area contributed by atoms with Gasteiger partial charge in [0.15, 0.2) is 5.78 Å². The molecular weight excluding hydrogens is 242 g/mol. The summed E-state index contributed by atoms with van der Waals surface area (Å²) >= 11 is 0. The number of phenols is 1.